The lowest BCUT2D eigenvalue weighted by molar-refractivity contribution is 0.101. The maximum absolute atomic E-state index is 5.84. The maximum Gasteiger partial charge on any atom is 0.123 e. The van der Waals surface area contributed by atoms with Crippen molar-refractivity contribution in [3.8, 4) is 5.75 Å². The smallest absolute Gasteiger partial charge is 0.123 e. The van der Waals surface area contributed by atoms with Crippen LogP contribution >= 0.6 is 0 Å². The summed E-state index contributed by atoms with van der Waals surface area (Å²) in [4.78, 5) is 4.37. The summed E-state index contributed by atoms with van der Waals surface area (Å²) in [5, 5.41) is 0. The van der Waals surface area contributed by atoms with Crippen LogP contribution in [0.2, 0.25) is 0 Å². The van der Waals surface area contributed by atoms with Gasteiger partial charge in [-0.1, -0.05) is 20.8 Å². The van der Waals surface area contributed by atoms with Gasteiger partial charge >= 0.3 is 0 Å². The van der Waals surface area contributed by atoms with E-state index >= 15 is 0 Å². The van der Waals surface area contributed by atoms with Crippen molar-refractivity contribution in [2.45, 2.75) is 51.2 Å². The molecule has 1 aromatic rings. The Morgan fingerprint density at radius 3 is 2.62 bits per heavy atom. The van der Waals surface area contributed by atoms with Crippen molar-refractivity contribution in [3.05, 3.63) is 24.0 Å². The highest BCUT2D eigenvalue weighted by Crippen LogP contribution is 2.27. The lowest BCUT2D eigenvalue weighted by Crippen LogP contribution is -2.43. The van der Waals surface area contributed by atoms with Crippen LogP contribution in [0.1, 0.15) is 39.3 Å². The largest absolute Gasteiger partial charge is 0.490 e. The monoisotopic (exact) mass is 220 g/mol. The molecule has 0 atom stereocenters. The second-order valence-electron chi connectivity index (χ2n) is 5.60. The molecule has 88 valence electrons. The van der Waals surface area contributed by atoms with Gasteiger partial charge in [0.05, 0.1) is 0 Å². The standard InChI is InChI=1S/C13H20N2O/c1-13(2,3)12-8-10(4-5-15-12)16-11-6-9(14)7-11/h4-5,8-9,11H,6-7,14H2,1-3H3/t9-,11+. The normalized spacial score (nSPS) is 25.0. The van der Waals surface area contributed by atoms with E-state index in [1.54, 1.807) is 0 Å². The van der Waals surface area contributed by atoms with Crippen molar-refractivity contribution >= 4 is 0 Å². The molecule has 0 unspecified atom stereocenters. The van der Waals surface area contributed by atoms with Crippen LogP contribution in [0.15, 0.2) is 18.3 Å². The van der Waals surface area contributed by atoms with Gasteiger partial charge in [0.15, 0.2) is 0 Å². The fourth-order valence-corrected chi connectivity index (χ4v) is 1.79. The lowest BCUT2D eigenvalue weighted by atomic mass is 9.90. The van der Waals surface area contributed by atoms with Gasteiger partial charge in [-0.15, -0.1) is 0 Å². The lowest BCUT2D eigenvalue weighted by Gasteiger charge is -2.32. The minimum atomic E-state index is 0.0649. The quantitative estimate of drug-likeness (QED) is 0.831. The number of pyridine rings is 1. The van der Waals surface area contributed by atoms with Crippen molar-refractivity contribution in [1.82, 2.24) is 4.98 Å². The van der Waals surface area contributed by atoms with Gasteiger partial charge in [0.2, 0.25) is 0 Å². The van der Waals surface area contributed by atoms with E-state index in [1.807, 2.05) is 18.3 Å². The molecule has 3 nitrogen and oxygen atoms in total. The van der Waals surface area contributed by atoms with Crippen molar-refractivity contribution in [2.75, 3.05) is 0 Å². The van der Waals surface area contributed by atoms with E-state index in [1.165, 1.54) is 0 Å². The molecule has 0 amide bonds. The molecule has 2 N–H and O–H groups in total. The Morgan fingerprint density at radius 2 is 2.06 bits per heavy atom. The van der Waals surface area contributed by atoms with Crippen LogP contribution in [0.4, 0.5) is 0 Å². The van der Waals surface area contributed by atoms with E-state index in [-0.39, 0.29) is 5.41 Å². The zero-order valence-corrected chi connectivity index (χ0v) is 10.2. The van der Waals surface area contributed by atoms with E-state index in [4.69, 9.17) is 10.5 Å². The van der Waals surface area contributed by atoms with Crippen LogP contribution in [-0.4, -0.2) is 17.1 Å². The van der Waals surface area contributed by atoms with E-state index in [0.717, 1.165) is 24.3 Å². The zero-order valence-electron chi connectivity index (χ0n) is 10.2. The second kappa shape index (κ2) is 4.06. The molecule has 0 aromatic carbocycles. The molecule has 0 aliphatic heterocycles. The molecule has 1 aliphatic carbocycles. The van der Waals surface area contributed by atoms with Gasteiger partial charge in [-0.2, -0.15) is 0 Å². The summed E-state index contributed by atoms with van der Waals surface area (Å²) in [6.07, 6.45) is 4.04. The molecule has 0 saturated heterocycles. The van der Waals surface area contributed by atoms with Crippen LogP contribution in [0, 0.1) is 0 Å². The Balaban J connectivity index is 2.05. The number of rotatable bonds is 2. The first-order valence-corrected chi connectivity index (χ1v) is 5.84. The molecule has 1 heterocycles. The Kier molecular flexibility index (Phi) is 2.89. The van der Waals surface area contributed by atoms with Gasteiger partial charge in [0.1, 0.15) is 11.9 Å². The number of hydrogen-bond donors (Lipinski definition) is 1. The summed E-state index contributed by atoms with van der Waals surface area (Å²) >= 11 is 0. The van der Waals surface area contributed by atoms with Gasteiger partial charge in [0, 0.05) is 29.4 Å². The van der Waals surface area contributed by atoms with E-state index in [9.17, 15) is 0 Å². The molecule has 0 bridgehead atoms. The van der Waals surface area contributed by atoms with E-state index in [2.05, 4.69) is 25.8 Å². The first-order chi connectivity index (χ1) is 7.45. The van der Waals surface area contributed by atoms with Crippen molar-refractivity contribution in [2.24, 2.45) is 5.73 Å². The van der Waals surface area contributed by atoms with Crippen molar-refractivity contribution < 1.29 is 4.74 Å². The topological polar surface area (TPSA) is 48.1 Å². The van der Waals surface area contributed by atoms with Crippen LogP contribution in [0.3, 0.4) is 0 Å². The number of ether oxygens (including phenoxy) is 1. The molecular weight excluding hydrogens is 200 g/mol. The third-order valence-electron chi connectivity index (χ3n) is 2.93. The Bertz CT molecular complexity index is 364. The molecule has 0 spiro atoms. The molecule has 16 heavy (non-hydrogen) atoms. The Morgan fingerprint density at radius 1 is 1.38 bits per heavy atom. The minimum Gasteiger partial charge on any atom is -0.490 e. The highest BCUT2D eigenvalue weighted by molar-refractivity contribution is 5.26. The molecule has 1 fully saturated rings. The SMILES string of the molecule is CC(C)(C)c1cc(O[C@H]2C[C@@H](N)C2)ccn1. The van der Waals surface area contributed by atoms with Gasteiger partial charge < -0.3 is 10.5 Å². The first kappa shape index (κ1) is 11.4. The predicted molar refractivity (Wildman–Crippen MR) is 64.6 cm³/mol. The Hall–Kier alpha value is -1.09. The second-order valence-corrected chi connectivity index (χ2v) is 5.60. The summed E-state index contributed by atoms with van der Waals surface area (Å²) in [7, 11) is 0. The van der Waals surface area contributed by atoms with Gasteiger partial charge in [-0.25, -0.2) is 0 Å². The average Bonchev–Trinajstić information content (AvgIpc) is 2.14. The molecule has 1 aliphatic rings. The van der Waals surface area contributed by atoms with Crippen molar-refractivity contribution in [3.63, 3.8) is 0 Å². The van der Waals surface area contributed by atoms with Crippen molar-refractivity contribution in [1.29, 1.82) is 0 Å². The number of nitrogens with two attached hydrogens (primary N) is 1. The van der Waals surface area contributed by atoms with Crippen LogP contribution < -0.4 is 10.5 Å². The molecule has 0 radical (unpaired) electrons. The van der Waals surface area contributed by atoms with Crippen LogP contribution in [-0.2, 0) is 5.41 Å². The highest BCUT2D eigenvalue weighted by atomic mass is 16.5. The zero-order chi connectivity index (χ0) is 11.8. The molecule has 1 saturated carbocycles. The summed E-state index contributed by atoms with van der Waals surface area (Å²) in [6, 6.07) is 4.28. The molecule has 3 heteroatoms. The predicted octanol–water partition coefficient (Wildman–Crippen LogP) is 2.25. The fraction of sp³-hybridized carbons (Fsp3) is 0.615. The average molecular weight is 220 g/mol. The molecule has 1 aromatic heterocycles. The van der Waals surface area contributed by atoms with Gasteiger partial charge in [0.25, 0.3) is 0 Å². The summed E-state index contributed by atoms with van der Waals surface area (Å²) in [5.41, 5.74) is 6.86. The Labute approximate surface area is 97.0 Å². The summed E-state index contributed by atoms with van der Waals surface area (Å²) < 4.78 is 5.84. The third-order valence-corrected chi connectivity index (χ3v) is 2.93. The number of nitrogens with zero attached hydrogens (tertiary/aromatic N) is 1. The van der Waals surface area contributed by atoms with E-state index in [0.29, 0.717) is 12.1 Å². The minimum absolute atomic E-state index is 0.0649. The third kappa shape index (κ3) is 2.53. The van der Waals surface area contributed by atoms with Gasteiger partial charge in [-0.05, 0) is 18.9 Å². The van der Waals surface area contributed by atoms with Gasteiger partial charge in [-0.3, -0.25) is 4.98 Å². The fourth-order valence-electron chi connectivity index (χ4n) is 1.79. The number of hydrogen-bond acceptors (Lipinski definition) is 3. The molecular formula is C13H20N2O. The summed E-state index contributed by atoms with van der Waals surface area (Å²) in [6.45, 7) is 6.45. The maximum atomic E-state index is 5.84. The first-order valence-electron chi connectivity index (χ1n) is 5.84. The van der Waals surface area contributed by atoms with Crippen LogP contribution in [0.25, 0.3) is 0 Å². The van der Waals surface area contributed by atoms with E-state index < -0.39 is 0 Å². The number of aromatic nitrogens is 1. The molecule has 2 rings (SSSR count). The highest BCUT2D eigenvalue weighted by Gasteiger charge is 2.27. The van der Waals surface area contributed by atoms with Crippen LogP contribution in [0.5, 0.6) is 5.75 Å². The summed E-state index contributed by atoms with van der Waals surface area (Å²) in [5.74, 6) is 0.914.